The van der Waals surface area contributed by atoms with Gasteiger partial charge in [0, 0.05) is 10.9 Å². The molecule has 1 N–H and O–H groups in total. The third-order valence-corrected chi connectivity index (χ3v) is 8.97. The summed E-state index contributed by atoms with van der Waals surface area (Å²) in [7, 11) is 0. The van der Waals surface area contributed by atoms with Crippen LogP contribution in [0.5, 0.6) is 0 Å². The highest BCUT2D eigenvalue weighted by molar-refractivity contribution is 8.00. The number of benzene rings is 1. The first-order chi connectivity index (χ1) is 16.8. The molecule has 182 valence electrons. The number of aromatic nitrogens is 3. The van der Waals surface area contributed by atoms with Crippen LogP contribution in [0.25, 0.3) is 15.9 Å². The summed E-state index contributed by atoms with van der Waals surface area (Å²) in [6.45, 7) is 7.74. The molecule has 0 saturated carbocycles. The number of hydrogen-bond donors (Lipinski definition) is 1. The lowest BCUT2D eigenvalue weighted by Crippen LogP contribution is -2.31. The number of nitrogens with zero attached hydrogens (tertiary/aromatic N) is 3. The van der Waals surface area contributed by atoms with Gasteiger partial charge in [0.1, 0.15) is 10.6 Å². The lowest BCUT2D eigenvalue weighted by atomic mass is 9.97. The van der Waals surface area contributed by atoms with Crippen LogP contribution in [0.4, 0.5) is 5.82 Å². The predicted octanol–water partition coefficient (Wildman–Crippen LogP) is 5.69. The van der Waals surface area contributed by atoms with Crippen LogP contribution in [-0.4, -0.2) is 25.9 Å². The van der Waals surface area contributed by atoms with Gasteiger partial charge in [0.05, 0.1) is 16.3 Å². The molecular formula is C26H28N4O3S2. The van der Waals surface area contributed by atoms with Crippen molar-refractivity contribution < 1.29 is 9.32 Å². The highest BCUT2D eigenvalue weighted by Gasteiger charge is 2.29. The molecule has 4 aromatic rings. The Morgan fingerprint density at radius 1 is 1.20 bits per heavy atom. The van der Waals surface area contributed by atoms with Crippen molar-refractivity contribution in [3.05, 3.63) is 62.4 Å². The quantitative estimate of drug-likeness (QED) is 0.266. The SMILES string of the molecule is Cc1cc(NC(=O)C(Sc2nc3sc4c(c3c(=O)n2-c2ccccc2C)CCCC4)C(C)C)no1. The van der Waals surface area contributed by atoms with Crippen LogP contribution in [0.1, 0.15) is 48.5 Å². The average molecular weight is 509 g/mol. The van der Waals surface area contributed by atoms with Gasteiger partial charge in [-0.2, -0.15) is 0 Å². The minimum atomic E-state index is -0.485. The van der Waals surface area contributed by atoms with Crippen LogP contribution in [0.2, 0.25) is 0 Å². The van der Waals surface area contributed by atoms with Gasteiger partial charge in [-0.3, -0.25) is 14.2 Å². The first-order valence-electron chi connectivity index (χ1n) is 11.9. The molecule has 0 bridgehead atoms. The number of amides is 1. The summed E-state index contributed by atoms with van der Waals surface area (Å²) in [5.41, 5.74) is 2.87. The number of fused-ring (bicyclic) bond motifs is 3. The summed E-state index contributed by atoms with van der Waals surface area (Å²) >= 11 is 2.95. The lowest BCUT2D eigenvalue weighted by molar-refractivity contribution is -0.116. The molecule has 0 fully saturated rings. The molecule has 0 spiro atoms. The minimum absolute atomic E-state index is 0.0116. The van der Waals surface area contributed by atoms with E-state index in [0.29, 0.717) is 16.7 Å². The fourth-order valence-electron chi connectivity index (χ4n) is 4.52. The second-order valence-electron chi connectivity index (χ2n) is 9.31. The van der Waals surface area contributed by atoms with E-state index in [1.807, 2.05) is 45.0 Å². The molecular weight excluding hydrogens is 480 g/mol. The van der Waals surface area contributed by atoms with Crippen LogP contribution in [-0.2, 0) is 17.6 Å². The van der Waals surface area contributed by atoms with Crippen LogP contribution in [0.3, 0.4) is 0 Å². The van der Waals surface area contributed by atoms with E-state index in [9.17, 15) is 9.59 Å². The van der Waals surface area contributed by atoms with Crippen molar-refractivity contribution in [2.24, 2.45) is 5.92 Å². The summed E-state index contributed by atoms with van der Waals surface area (Å²) in [5, 5.41) is 7.52. The van der Waals surface area contributed by atoms with Crippen molar-refractivity contribution in [2.75, 3.05) is 5.32 Å². The molecule has 1 aromatic carbocycles. The van der Waals surface area contributed by atoms with Crippen molar-refractivity contribution in [3.8, 4) is 5.69 Å². The third kappa shape index (κ3) is 4.54. The Hall–Kier alpha value is -2.91. The molecule has 35 heavy (non-hydrogen) atoms. The van der Waals surface area contributed by atoms with Gasteiger partial charge in [0.2, 0.25) is 5.91 Å². The highest BCUT2D eigenvalue weighted by atomic mass is 32.2. The van der Waals surface area contributed by atoms with Crippen molar-refractivity contribution >= 4 is 45.0 Å². The van der Waals surface area contributed by atoms with E-state index >= 15 is 0 Å². The van der Waals surface area contributed by atoms with E-state index in [2.05, 4.69) is 10.5 Å². The Kier molecular flexibility index (Phi) is 6.55. The van der Waals surface area contributed by atoms with Gasteiger partial charge in [-0.1, -0.05) is 49.0 Å². The zero-order chi connectivity index (χ0) is 24.7. The number of para-hydroxylation sites is 1. The van der Waals surface area contributed by atoms with Crippen LogP contribution in [0.15, 0.2) is 44.8 Å². The number of nitrogens with one attached hydrogen (secondary N) is 1. The number of aryl methyl sites for hydroxylation is 4. The maximum Gasteiger partial charge on any atom is 0.267 e. The van der Waals surface area contributed by atoms with E-state index in [0.717, 1.165) is 52.7 Å². The van der Waals surface area contributed by atoms with Gasteiger partial charge < -0.3 is 9.84 Å². The van der Waals surface area contributed by atoms with E-state index in [-0.39, 0.29) is 17.4 Å². The van der Waals surface area contributed by atoms with Gasteiger partial charge >= 0.3 is 0 Å². The summed E-state index contributed by atoms with van der Waals surface area (Å²) in [6.07, 6.45) is 4.15. The van der Waals surface area contributed by atoms with E-state index in [1.54, 1.807) is 28.9 Å². The topological polar surface area (TPSA) is 90.0 Å². The molecule has 1 amide bonds. The Balaban J connectivity index is 1.63. The summed E-state index contributed by atoms with van der Waals surface area (Å²) < 4.78 is 6.79. The second-order valence-corrected chi connectivity index (χ2v) is 11.5. The fraction of sp³-hybridized carbons (Fsp3) is 0.385. The summed E-state index contributed by atoms with van der Waals surface area (Å²) in [5.74, 6) is 0.789. The molecule has 7 nitrogen and oxygen atoms in total. The molecule has 0 aliphatic heterocycles. The van der Waals surface area contributed by atoms with E-state index < -0.39 is 5.25 Å². The summed E-state index contributed by atoms with van der Waals surface area (Å²) in [4.78, 5) is 34.4. The maximum atomic E-state index is 14.0. The maximum absolute atomic E-state index is 14.0. The van der Waals surface area contributed by atoms with Crippen LogP contribution < -0.4 is 10.9 Å². The molecule has 3 heterocycles. The minimum Gasteiger partial charge on any atom is -0.360 e. The Bertz CT molecular complexity index is 1470. The molecule has 0 radical (unpaired) electrons. The molecule has 5 rings (SSSR count). The molecule has 3 aromatic heterocycles. The van der Waals surface area contributed by atoms with Gasteiger partial charge in [-0.25, -0.2) is 4.98 Å². The summed E-state index contributed by atoms with van der Waals surface area (Å²) in [6, 6.07) is 9.50. The molecule has 1 aliphatic carbocycles. The third-order valence-electron chi connectivity index (χ3n) is 6.29. The largest absolute Gasteiger partial charge is 0.360 e. The first kappa shape index (κ1) is 23.8. The van der Waals surface area contributed by atoms with Gasteiger partial charge in [0.25, 0.3) is 5.56 Å². The molecule has 0 saturated heterocycles. The fourth-order valence-corrected chi connectivity index (χ4v) is 6.93. The molecule has 1 unspecified atom stereocenters. The predicted molar refractivity (Wildman–Crippen MR) is 141 cm³/mol. The smallest absolute Gasteiger partial charge is 0.267 e. The number of anilines is 1. The van der Waals surface area contributed by atoms with Crippen LogP contribution >= 0.6 is 23.1 Å². The van der Waals surface area contributed by atoms with Crippen molar-refractivity contribution in [2.45, 2.75) is 63.8 Å². The van der Waals surface area contributed by atoms with Crippen molar-refractivity contribution in [1.82, 2.24) is 14.7 Å². The Morgan fingerprint density at radius 3 is 2.69 bits per heavy atom. The molecule has 1 atom stereocenters. The number of carbonyl (C=O) groups excluding carboxylic acids is 1. The van der Waals surface area contributed by atoms with E-state index in [1.165, 1.54) is 16.6 Å². The number of hydrogen-bond acceptors (Lipinski definition) is 7. The van der Waals surface area contributed by atoms with Crippen LogP contribution in [0, 0.1) is 19.8 Å². The van der Waals surface area contributed by atoms with Gasteiger partial charge in [-0.15, -0.1) is 11.3 Å². The second kappa shape index (κ2) is 9.62. The molecule has 1 aliphatic rings. The van der Waals surface area contributed by atoms with Crippen molar-refractivity contribution in [3.63, 3.8) is 0 Å². The monoisotopic (exact) mass is 508 g/mol. The number of carbonyl (C=O) groups is 1. The normalized spacial score (nSPS) is 14.3. The Morgan fingerprint density at radius 2 is 1.97 bits per heavy atom. The van der Waals surface area contributed by atoms with E-state index in [4.69, 9.17) is 9.51 Å². The zero-order valence-corrected chi connectivity index (χ0v) is 21.9. The van der Waals surface area contributed by atoms with Gasteiger partial charge in [0.15, 0.2) is 11.0 Å². The average Bonchev–Trinajstić information content (AvgIpc) is 3.40. The lowest BCUT2D eigenvalue weighted by Gasteiger charge is -2.21. The standard InChI is InChI=1S/C26H28N4O3S2/c1-14(2)22(23(31)27-20-13-16(4)33-29-20)35-26-28-24-21(17-10-6-8-12-19(17)34-24)25(32)30(26)18-11-7-5-9-15(18)3/h5,7,9,11,13-14,22H,6,8,10,12H2,1-4H3,(H,27,29,31). The van der Waals surface area contributed by atoms with Gasteiger partial charge in [-0.05, 0) is 62.6 Å². The number of thioether (sulfide) groups is 1. The molecule has 9 heteroatoms. The highest BCUT2D eigenvalue weighted by Crippen LogP contribution is 2.37. The zero-order valence-electron chi connectivity index (χ0n) is 20.3. The van der Waals surface area contributed by atoms with Crippen molar-refractivity contribution in [1.29, 1.82) is 0 Å². The first-order valence-corrected chi connectivity index (χ1v) is 13.6. The number of rotatable bonds is 6. The number of thiophene rings is 1. The Labute approximate surface area is 211 Å².